The quantitative estimate of drug-likeness (QED) is 0.781. The minimum absolute atomic E-state index is 0.145. The molecule has 122 valence electrons. The van der Waals surface area contributed by atoms with Gasteiger partial charge in [-0.3, -0.25) is 0 Å². The molecule has 1 atom stereocenters. The molecule has 0 radical (unpaired) electrons. The van der Waals surface area contributed by atoms with E-state index >= 15 is 0 Å². The molecule has 1 aromatic rings. The molecule has 4 heteroatoms. The monoisotopic (exact) mass is 341 g/mol. The molecule has 1 fully saturated rings. The minimum atomic E-state index is -0.145. The Hall–Kier alpha value is -0.540. The van der Waals surface area contributed by atoms with Crippen molar-refractivity contribution < 1.29 is 5.11 Å². The Kier molecular flexibility index (Phi) is 6.34. The molecule has 0 unspecified atom stereocenters. The fraction of sp³-hybridized carbons (Fsp3) is 0.556. The van der Waals surface area contributed by atoms with Gasteiger partial charge in [0.05, 0.1) is 16.1 Å². The Balaban J connectivity index is 2.19. The van der Waals surface area contributed by atoms with Crippen molar-refractivity contribution in [3.05, 3.63) is 46.0 Å². The number of likely N-dealkylation sites (tertiary alicyclic amines) is 1. The van der Waals surface area contributed by atoms with Crippen LogP contribution in [0.1, 0.15) is 38.2 Å². The van der Waals surface area contributed by atoms with Crippen molar-refractivity contribution in [1.29, 1.82) is 0 Å². The second-order valence-corrected chi connectivity index (χ2v) is 7.30. The first-order chi connectivity index (χ1) is 10.4. The molecule has 2 rings (SSSR count). The molecule has 0 aliphatic carbocycles. The summed E-state index contributed by atoms with van der Waals surface area (Å²) in [6.45, 7) is 11.4. The van der Waals surface area contributed by atoms with Crippen LogP contribution in [0.25, 0.3) is 0 Å². The topological polar surface area (TPSA) is 23.5 Å². The SMILES string of the molecule is C=C(C(C)C)[C@H](CN1CCC(O)CC1)c1ccc(Cl)c(Cl)c1. The average Bonchev–Trinajstić information content (AvgIpc) is 2.49. The molecule has 1 heterocycles. The summed E-state index contributed by atoms with van der Waals surface area (Å²) in [6.07, 6.45) is 1.55. The first-order valence-corrected chi connectivity index (χ1v) is 8.68. The van der Waals surface area contributed by atoms with E-state index in [9.17, 15) is 5.11 Å². The van der Waals surface area contributed by atoms with Crippen LogP contribution in [0.3, 0.4) is 0 Å². The molecule has 0 saturated carbocycles. The first kappa shape index (κ1) is 17.8. The third-order valence-corrected chi connectivity index (χ3v) is 5.27. The van der Waals surface area contributed by atoms with Gasteiger partial charge < -0.3 is 10.0 Å². The number of benzene rings is 1. The maximum atomic E-state index is 9.67. The second-order valence-electron chi connectivity index (χ2n) is 6.49. The summed E-state index contributed by atoms with van der Waals surface area (Å²) in [5.74, 6) is 0.653. The highest BCUT2D eigenvalue weighted by molar-refractivity contribution is 6.42. The number of hydrogen-bond acceptors (Lipinski definition) is 2. The van der Waals surface area contributed by atoms with Gasteiger partial charge in [0, 0.05) is 25.6 Å². The van der Waals surface area contributed by atoms with Crippen molar-refractivity contribution in [3.8, 4) is 0 Å². The van der Waals surface area contributed by atoms with Crippen LogP contribution in [0.15, 0.2) is 30.4 Å². The number of hydrogen-bond donors (Lipinski definition) is 1. The van der Waals surface area contributed by atoms with E-state index in [-0.39, 0.29) is 12.0 Å². The third kappa shape index (κ3) is 4.48. The van der Waals surface area contributed by atoms with Gasteiger partial charge in [0.1, 0.15) is 0 Å². The van der Waals surface area contributed by atoms with Gasteiger partial charge in [-0.2, -0.15) is 0 Å². The summed E-state index contributed by atoms with van der Waals surface area (Å²) in [5, 5.41) is 10.8. The summed E-state index contributed by atoms with van der Waals surface area (Å²) >= 11 is 12.2. The summed E-state index contributed by atoms with van der Waals surface area (Å²) < 4.78 is 0. The van der Waals surface area contributed by atoms with Crippen LogP contribution in [0.4, 0.5) is 0 Å². The average molecular weight is 342 g/mol. The minimum Gasteiger partial charge on any atom is -0.393 e. The molecular weight excluding hydrogens is 317 g/mol. The zero-order chi connectivity index (χ0) is 16.3. The van der Waals surface area contributed by atoms with E-state index in [1.54, 1.807) is 0 Å². The van der Waals surface area contributed by atoms with Crippen molar-refractivity contribution in [1.82, 2.24) is 4.90 Å². The molecular formula is C18H25Cl2NO. The van der Waals surface area contributed by atoms with Gasteiger partial charge in [0.15, 0.2) is 0 Å². The van der Waals surface area contributed by atoms with Gasteiger partial charge >= 0.3 is 0 Å². The molecule has 2 nitrogen and oxygen atoms in total. The lowest BCUT2D eigenvalue weighted by Gasteiger charge is -2.34. The van der Waals surface area contributed by atoms with Crippen LogP contribution in [0.5, 0.6) is 0 Å². The van der Waals surface area contributed by atoms with E-state index in [1.165, 1.54) is 11.1 Å². The van der Waals surface area contributed by atoms with Crippen LogP contribution in [-0.4, -0.2) is 35.7 Å². The van der Waals surface area contributed by atoms with E-state index in [0.717, 1.165) is 32.5 Å². The number of rotatable bonds is 5. The van der Waals surface area contributed by atoms with Crippen LogP contribution in [0, 0.1) is 5.92 Å². The van der Waals surface area contributed by atoms with Crippen LogP contribution in [0.2, 0.25) is 10.0 Å². The summed E-state index contributed by atoms with van der Waals surface area (Å²) in [5.41, 5.74) is 2.38. The predicted octanol–water partition coefficient (Wildman–Crippen LogP) is 4.75. The standard InChI is InChI=1S/C18H25Cl2NO/c1-12(2)13(3)16(11-21-8-6-15(22)7-9-21)14-4-5-17(19)18(20)10-14/h4-5,10,12,15-16,22H,3,6-9,11H2,1-2H3/t16-/m0/s1. The number of aliphatic hydroxyl groups excluding tert-OH is 1. The first-order valence-electron chi connectivity index (χ1n) is 7.92. The van der Waals surface area contributed by atoms with Crippen molar-refractivity contribution >= 4 is 23.2 Å². The van der Waals surface area contributed by atoms with Gasteiger partial charge in [-0.25, -0.2) is 0 Å². The van der Waals surface area contributed by atoms with Gasteiger partial charge in [-0.15, -0.1) is 0 Å². The molecule has 0 bridgehead atoms. The van der Waals surface area contributed by atoms with Crippen molar-refractivity contribution in [3.63, 3.8) is 0 Å². The van der Waals surface area contributed by atoms with Crippen molar-refractivity contribution in [2.45, 2.75) is 38.7 Å². The molecule has 22 heavy (non-hydrogen) atoms. The Labute approximate surface area is 143 Å². The lowest BCUT2D eigenvalue weighted by atomic mass is 9.85. The highest BCUT2D eigenvalue weighted by atomic mass is 35.5. The van der Waals surface area contributed by atoms with Crippen LogP contribution in [-0.2, 0) is 0 Å². The largest absolute Gasteiger partial charge is 0.393 e. The van der Waals surface area contributed by atoms with Crippen molar-refractivity contribution in [2.75, 3.05) is 19.6 Å². The molecule has 1 aromatic carbocycles. The van der Waals surface area contributed by atoms with E-state index in [2.05, 4.69) is 25.3 Å². The smallest absolute Gasteiger partial charge is 0.0595 e. The highest BCUT2D eigenvalue weighted by Gasteiger charge is 2.24. The maximum absolute atomic E-state index is 9.67. The van der Waals surface area contributed by atoms with Gasteiger partial charge in [-0.1, -0.05) is 55.3 Å². The van der Waals surface area contributed by atoms with Gasteiger partial charge in [-0.05, 0) is 36.5 Å². The molecule has 1 N–H and O–H groups in total. The molecule has 0 aromatic heterocycles. The fourth-order valence-corrected chi connectivity index (χ4v) is 3.23. The zero-order valence-corrected chi connectivity index (χ0v) is 14.9. The summed E-state index contributed by atoms with van der Waals surface area (Å²) in [6, 6.07) is 5.87. The normalized spacial score (nSPS) is 18.6. The lowest BCUT2D eigenvalue weighted by molar-refractivity contribution is 0.0807. The maximum Gasteiger partial charge on any atom is 0.0595 e. The van der Waals surface area contributed by atoms with Crippen molar-refractivity contribution in [2.24, 2.45) is 5.92 Å². The number of aliphatic hydroxyl groups is 1. The van der Waals surface area contributed by atoms with Gasteiger partial charge in [0.25, 0.3) is 0 Å². The van der Waals surface area contributed by atoms with E-state index in [1.807, 2.05) is 18.2 Å². The van der Waals surface area contributed by atoms with Crippen LogP contribution >= 0.6 is 23.2 Å². The molecule has 1 aliphatic heterocycles. The zero-order valence-electron chi connectivity index (χ0n) is 13.4. The fourth-order valence-electron chi connectivity index (χ4n) is 2.93. The Morgan fingerprint density at radius 2 is 1.91 bits per heavy atom. The lowest BCUT2D eigenvalue weighted by Crippen LogP contribution is -2.38. The van der Waals surface area contributed by atoms with E-state index in [4.69, 9.17) is 23.2 Å². The predicted molar refractivity (Wildman–Crippen MR) is 94.9 cm³/mol. The Bertz CT molecular complexity index is 522. The molecule has 0 amide bonds. The number of piperidine rings is 1. The third-order valence-electron chi connectivity index (χ3n) is 4.53. The summed E-state index contributed by atoms with van der Waals surface area (Å²) in [7, 11) is 0. The Morgan fingerprint density at radius 1 is 1.27 bits per heavy atom. The summed E-state index contributed by atoms with van der Waals surface area (Å²) in [4.78, 5) is 2.41. The van der Waals surface area contributed by atoms with Gasteiger partial charge in [0.2, 0.25) is 0 Å². The van der Waals surface area contributed by atoms with E-state index < -0.39 is 0 Å². The molecule has 1 aliphatic rings. The van der Waals surface area contributed by atoms with Crippen LogP contribution < -0.4 is 0 Å². The highest BCUT2D eigenvalue weighted by Crippen LogP contribution is 2.33. The van der Waals surface area contributed by atoms with E-state index in [0.29, 0.717) is 16.0 Å². The molecule has 0 spiro atoms. The number of halogens is 2. The Morgan fingerprint density at radius 3 is 2.45 bits per heavy atom. The molecule has 1 saturated heterocycles. The second kappa shape index (κ2) is 7.83. The number of nitrogens with zero attached hydrogens (tertiary/aromatic N) is 1.